The Bertz CT molecular complexity index is 816. The second-order valence-electron chi connectivity index (χ2n) is 4.72. The summed E-state index contributed by atoms with van der Waals surface area (Å²) >= 11 is 0. The van der Waals surface area contributed by atoms with Crippen molar-refractivity contribution in [2.75, 3.05) is 5.73 Å². The predicted octanol–water partition coefficient (Wildman–Crippen LogP) is 2.63. The molecular formula is C15H15N5. The second kappa shape index (κ2) is 4.45. The summed E-state index contributed by atoms with van der Waals surface area (Å²) in [5.74, 6) is 0.641. The second-order valence-corrected chi connectivity index (χ2v) is 4.72. The summed E-state index contributed by atoms with van der Waals surface area (Å²) in [5.41, 5.74) is 11.0. The summed E-state index contributed by atoms with van der Waals surface area (Å²) in [6.07, 6.45) is 3.59. The molecular weight excluding hydrogens is 250 g/mol. The Hall–Kier alpha value is -2.69. The van der Waals surface area contributed by atoms with Crippen molar-refractivity contribution in [2.24, 2.45) is 0 Å². The minimum absolute atomic E-state index is 0.641. The lowest BCUT2D eigenvalue weighted by Gasteiger charge is -2.01. The average molecular weight is 265 g/mol. The molecule has 5 nitrogen and oxygen atoms in total. The maximum atomic E-state index is 5.97. The molecule has 0 amide bonds. The quantitative estimate of drug-likeness (QED) is 0.723. The van der Waals surface area contributed by atoms with Gasteiger partial charge in [0.1, 0.15) is 0 Å². The van der Waals surface area contributed by atoms with Crippen molar-refractivity contribution < 1.29 is 0 Å². The van der Waals surface area contributed by atoms with Crippen LogP contribution >= 0.6 is 0 Å². The zero-order chi connectivity index (χ0) is 14.3. The summed E-state index contributed by atoms with van der Waals surface area (Å²) in [4.78, 5) is 8.92. The van der Waals surface area contributed by atoms with Crippen LogP contribution in [0, 0.1) is 13.8 Å². The molecule has 0 fully saturated rings. The third kappa shape index (κ3) is 1.93. The third-order valence-electron chi connectivity index (χ3n) is 3.17. The smallest absolute Gasteiger partial charge is 0.182 e. The van der Waals surface area contributed by atoms with Gasteiger partial charge in [0, 0.05) is 11.3 Å². The highest BCUT2D eigenvalue weighted by atomic mass is 15.3. The summed E-state index contributed by atoms with van der Waals surface area (Å²) in [6.45, 7) is 7.59. The molecule has 0 aliphatic heterocycles. The van der Waals surface area contributed by atoms with Crippen LogP contribution in [0.2, 0.25) is 0 Å². The van der Waals surface area contributed by atoms with Crippen molar-refractivity contribution in [3.05, 3.63) is 47.9 Å². The van der Waals surface area contributed by atoms with Crippen molar-refractivity contribution in [2.45, 2.75) is 13.8 Å². The largest absolute Gasteiger partial charge is 0.398 e. The first-order valence-electron chi connectivity index (χ1n) is 6.31. The van der Waals surface area contributed by atoms with Gasteiger partial charge in [-0.2, -0.15) is 0 Å². The Morgan fingerprint density at radius 1 is 1.25 bits per heavy atom. The van der Waals surface area contributed by atoms with Gasteiger partial charge in [0.05, 0.1) is 17.6 Å². The summed E-state index contributed by atoms with van der Waals surface area (Å²) in [7, 11) is 0. The number of anilines is 1. The van der Waals surface area contributed by atoms with Crippen LogP contribution in [0.15, 0.2) is 31.0 Å². The first-order valence-corrected chi connectivity index (χ1v) is 6.31. The predicted molar refractivity (Wildman–Crippen MR) is 80.2 cm³/mol. The van der Waals surface area contributed by atoms with E-state index in [1.165, 1.54) is 0 Å². The number of nitrogen functional groups attached to an aromatic ring is 1. The highest BCUT2D eigenvalue weighted by molar-refractivity contribution is 5.71. The lowest BCUT2D eigenvalue weighted by Crippen LogP contribution is -1.95. The van der Waals surface area contributed by atoms with Crippen LogP contribution in [0.3, 0.4) is 0 Å². The van der Waals surface area contributed by atoms with E-state index in [-0.39, 0.29) is 0 Å². The van der Waals surface area contributed by atoms with Crippen molar-refractivity contribution in [1.82, 2.24) is 19.6 Å². The van der Waals surface area contributed by atoms with Gasteiger partial charge >= 0.3 is 0 Å². The van der Waals surface area contributed by atoms with Crippen molar-refractivity contribution in [3.63, 3.8) is 0 Å². The Morgan fingerprint density at radius 2 is 2.05 bits per heavy atom. The molecule has 0 radical (unpaired) electrons. The molecule has 2 aromatic heterocycles. The molecule has 0 atom stereocenters. The zero-order valence-corrected chi connectivity index (χ0v) is 11.5. The van der Waals surface area contributed by atoms with Gasteiger partial charge < -0.3 is 5.73 Å². The van der Waals surface area contributed by atoms with Gasteiger partial charge in [0.15, 0.2) is 11.5 Å². The van der Waals surface area contributed by atoms with Crippen LogP contribution in [0.1, 0.15) is 17.0 Å². The van der Waals surface area contributed by atoms with E-state index in [1.807, 2.05) is 38.2 Å². The van der Waals surface area contributed by atoms with E-state index in [4.69, 9.17) is 5.73 Å². The van der Waals surface area contributed by atoms with E-state index in [0.717, 1.165) is 28.2 Å². The molecule has 5 heteroatoms. The molecule has 0 aliphatic rings. The Kier molecular flexibility index (Phi) is 2.75. The number of nitrogens with zero attached hydrogens (tertiary/aromatic N) is 4. The van der Waals surface area contributed by atoms with Gasteiger partial charge in [0.2, 0.25) is 0 Å². The Morgan fingerprint density at radius 3 is 2.75 bits per heavy atom. The van der Waals surface area contributed by atoms with Crippen LogP contribution in [-0.2, 0) is 0 Å². The summed E-state index contributed by atoms with van der Waals surface area (Å²) in [6, 6.07) is 5.72. The van der Waals surface area contributed by atoms with Crippen LogP contribution < -0.4 is 5.73 Å². The van der Waals surface area contributed by atoms with Gasteiger partial charge in [0.25, 0.3) is 0 Å². The molecule has 0 aliphatic carbocycles. The van der Waals surface area contributed by atoms with Crippen LogP contribution in [0.5, 0.6) is 0 Å². The van der Waals surface area contributed by atoms with Gasteiger partial charge in [-0.3, -0.25) is 4.98 Å². The molecule has 3 rings (SSSR count). The normalized spacial score (nSPS) is 10.9. The van der Waals surface area contributed by atoms with Gasteiger partial charge in [-0.25, -0.2) is 9.50 Å². The maximum absolute atomic E-state index is 5.97. The fourth-order valence-electron chi connectivity index (χ4n) is 2.20. The minimum atomic E-state index is 0.641. The van der Waals surface area contributed by atoms with E-state index in [1.54, 1.807) is 10.6 Å². The lowest BCUT2D eigenvalue weighted by atomic mass is 10.1. The molecule has 20 heavy (non-hydrogen) atoms. The van der Waals surface area contributed by atoms with Gasteiger partial charge in [-0.05, 0) is 25.5 Å². The van der Waals surface area contributed by atoms with Crippen LogP contribution in [0.4, 0.5) is 5.69 Å². The number of hydrogen-bond acceptors (Lipinski definition) is 4. The van der Waals surface area contributed by atoms with Crippen molar-refractivity contribution >= 4 is 17.4 Å². The SMILES string of the molecule is C=Cc1ccc(-c2nc3c(C)nc(C)cn3n2)cc1N. The number of benzene rings is 1. The zero-order valence-electron chi connectivity index (χ0n) is 11.5. The fraction of sp³-hybridized carbons (Fsp3) is 0.133. The van der Waals surface area contributed by atoms with E-state index < -0.39 is 0 Å². The molecule has 1 aromatic carbocycles. The highest BCUT2D eigenvalue weighted by Crippen LogP contribution is 2.23. The van der Waals surface area contributed by atoms with E-state index in [2.05, 4.69) is 21.6 Å². The minimum Gasteiger partial charge on any atom is -0.398 e. The van der Waals surface area contributed by atoms with Crippen LogP contribution in [-0.4, -0.2) is 19.6 Å². The Labute approximate surface area is 116 Å². The molecule has 0 saturated carbocycles. The number of hydrogen-bond donors (Lipinski definition) is 1. The van der Waals surface area contributed by atoms with Gasteiger partial charge in [-0.15, -0.1) is 5.10 Å². The van der Waals surface area contributed by atoms with E-state index >= 15 is 0 Å². The highest BCUT2D eigenvalue weighted by Gasteiger charge is 2.10. The molecule has 100 valence electrons. The van der Waals surface area contributed by atoms with E-state index in [9.17, 15) is 0 Å². The van der Waals surface area contributed by atoms with Crippen molar-refractivity contribution in [3.8, 4) is 11.4 Å². The summed E-state index contributed by atoms with van der Waals surface area (Å²) in [5, 5.41) is 4.49. The first kappa shape index (κ1) is 12.3. The fourth-order valence-corrected chi connectivity index (χ4v) is 2.20. The number of aryl methyl sites for hydroxylation is 2. The lowest BCUT2D eigenvalue weighted by molar-refractivity contribution is 0.917. The monoisotopic (exact) mass is 265 g/mol. The summed E-state index contributed by atoms with van der Waals surface area (Å²) < 4.78 is 1.75. The van der Waals surface area contributed by atoms with Crippen molar-refractivity contribution in [1.29, 1.82) is 0 Å². The van der Waals surface area contributed by atoms with E-state index in [0.29, 0.717) is 11.5 Å². The molecule has 0 bridgehead atoms. The number of nitrogens with two attached hydrogens (primary N) is 1. The van der Waals surface area contributed by atoms with Crippen LogP contribution in [0.25, 0.3) is 23.1 Å². The molecule has 2 heterocycles. The molecule has 2 N–H and O–H groups in total. The maximum Gasteiger partial charge on any atom is 0.182 e. The molecule has 0 saturated heterocycles. The topological polar surface area (TPSA) is 69.1 Å². The first-order chi connectivity index (χ1) is 9.58. The number of rotatable bonds is 2. The molecule has 0 unspecified atom stereocenters. The van der Waals surface area contributed by atoms with Gasteiger partial charge in [-0.1, -0.05) is 24.8 Å². The molecule has 0 spiro atoms. The molecule has 3 aromatic rings. The number of aromatic nitrogens is 4. The number of fused-ring (bicyclic) bond motifs is 1. The Balaban J connectivity index is 2.17. The average Bonchev–Trinajstić information content (AvgIpc) is 2.82. The standard InChI is InChI=1S/C15H15N5/c1-4-11-5-6-12(7-13(11)16)14-18-15-10(3)17-9(2)8-20(15)19-14/h4-8H,1,16H2,2-3H3. The third-order valence-corrected chi connectivity index (χ3v) is 3.17.